The van der Waals surface area contributed by atoms with Gasteiger partial charge in [-0.1, -0.05) is 72.3 Å². The van der Waals surface area contributed by atoms with Gasteiger partial charge in [-0.2, -0.15) is 0 Å². The van der Waals surface area contributed by atoms with Crippen LogP contribution < -0.4 is 5.32 Å². The first kappa shape index (κ1) is 21.0. The summed E-state index contributed by atoms with van der Waals surface area (Å²) in [6.45, 7) is 0. The number of rotatable bonds is 6. The van der Waals surface area contributed by atoms with Crippen molar-refractivity contribution in [3.8, 4) is 11.3 Å². The molecule has 5 rings (SSSR count). The van der Waals surface area contributed by atoms with Gasteiger partial charge in [-0.05, 0) is 41.8 Å². The SMILES string of the molecule is Cn1c(-c2ccc(Cl)cc2)cnc1[C@H](Cc1ccccc1)NC(=O)c1cc2ccccc2[nH]1. The van der Waals surface area contributed by atoms with Crippen LogP contribution >= 0.6 is 11.6 Å². The number of aromatic amines is 1. The van der Waals surface area contributed by atoms with Crippen molar-refractivity contribution in [2.24, 2.45) is 7.05 Å². The van der Waals surface area contributed by atoms with Gasteiger partial charge in [0.15, 0.2) is 0 Å². The van der Waals surface area contributed by atoms with E-state index in [1.54, 1.807) is 0 Å². The molecule has 0 fully saturated rings. The Morgan fingerprint density at radius 2 is 1.76 bits per heavy atom. The van der Waals surface area contributed by atoms with Gasteiger partial charge in [-0.3, -0.25) is 4.79 Å². The molecule has 0 spiro atoms. The average Bonchev–Trinajstić information content (AvgIpc) is 3.44. The van der Waals surface area contributed by atoms with Crippen molar-refractivity contribution >= 4 is 28.4 Å². The Kier molecular flexibility index (Phi) is 5.71. The average molecular weight is 455 g/mol. The molecule has 0 saturated carbocycles. The molecule has 1 atom stereocenters. The third kappa shape index (κ3) is 4.41. The van der Waals surface area contributed by atoms with E-state index in [4.69, 9.17) is 16.6 Å². The molecule has 0 aliphatic carbocycles. The quantitative estimate of drug-likeness (QED) is 0.333. The van der Waals surface area contributed by atoms with Gasteiger partial charge in [0.1, 0.15) is 11.5 Å². The summed E-state index contributed by atoms with van der Waals surface area (Å²) in [5.41, 5.74) is 4.56. The molecule has 1 amide bonds. The summed E-state index contributed by atoms with van der Waals surface area (Å²) >= 11 is 6.06. The second kappa shape index (κ2) is 8.96. The van der Waals surface area contributed by atoms with Gasteiger partial charge in [-0.25, -0.2) is 4.98 Å². The van der Waals surface area contributed by atoms with Crippen LogP contribution in [0.2, 0.25) is 5.02 Å². The second-order valence-corrected chi connectivity index (χ2v) is 8.49. The van der Waals surface area contributed by atoms with Gasteiger partial charge in [-0.15, -0.1) is 0 Å². The van der Waals surface area contributed by atoms with Gasteiger partial charge >= 0.3 is 0 Å². The topological polar surface area (TPSA) is 62.7 Å². The second-order valence-electron chi connectivity index (χ2n) is 8.05. The van der Waals surface area contributed by atoms with Crippen molar-refractivity contribution < 1.29 is 4.79 Å². The number of aromatic nitrogens is 3. The maximum atomic E-state index is 13.2. The molecule has 33 heavy (non-hydrogen) atoms. The van der Waals surface area contributed by atoms with E-state index in [-0.39, 0.29) is 11.9 Å². The summed E-state index contributed by atoms with van der Waals surface area (Å²) in [5, 5.41) is 4.89. The Labute approximate surface area is 197 Å². The van der Waals surface area contributed by atoms with E-state index in [0.717, 1.165) is 33.5 Å². The highest BCUT2D eigenvalue weighted by atomic mass is 35.5. The third-order valence-corrected chi connectivity index (χ3v) is 6.09. The first-order valence-corrected chi connectivity index (χ1v) is 11.2. The van der Waals surface area contributed by atoms with Crippen molar-refractivity contribution in [2.45, 2.75) is 12.5 Å². The maximum Gasteiger partial charge on any atom is 0.268 e. The molecule has 5 aromatic rings. The number of para-hydroxylation sites is 1. The molecular weight excluding hydrogens is 432 g/mol. The lowest BCUT2D eigenvalue weighted by atomic mass is 10.0. The predicted octanol–water partition coefficient (Wildman–Crippen LogP) is 5.94. The zero-order valence-corrected chi connectivity index (χ0v) is 18.9. The molecule has 3 aromatic carbocycles. The van der Waals surface area contributed by atoms with Crippen molar-refractivity contribution in [2.75, 3.05) is 0 Å². The zero-order chi connectivity index (χ0) is 22.8. The molecule has 0 aliphatic rings. The minimum atomic E-state index is -0.308. The lowest BCUT2D eigenvalue weighted by molar-refractivity contribution is 0.0930. The molecule has 0 aliphatic heterocycles. The lowest BCUT2D eigenvalue weighted by Crippen LogP contribution is -2.32. The van der Waals surface area contributed by atoms with Gasteiger partial charge in [0, 0.05) is 23.0 Å². The van der Waals surface area contributed by atoms with E-state index < -0.39 is 0 Å². The van der Waals surface area contributed by atoms with Crippen molar-refractivity contribution in [3.63, 3.8) is 0 Å². The van der Waals surface area contributed by atoms with Gasteiger partial charge < -0.3 is 14.9 Å². The molecule has 2 N–H and O–H groups in total. The van der Waals surface area contributed by atoms with Crippen LogP contribution in [0, 0.1) is 0 Å². The van der Waals surface area contributed by atoms with Crippen LogP contribution in [-0.4, -0.2) is 20.4 Å². The number of hydrogen-bond acceptors (Lipinski definition) is 2. The van der Waals surface area contributed by atoms with Crippen LogP contribution in [0.3, 0.4) is 0 Å². The number of carbonyl (C=O) groups is 1. The van der Waals surface area contributed by atoms with Gasteiger partial charge in [0.2, 0.25) is 0 Å². The van der Waals surface area contributed by atoms with Crippen molar-refractivity contribution in [1.29, 1.82) is 0 Å². The Morgan fingerprint density at radius 3 is 2.52 bits per heavy atom. The summed E-state index contributed by atoms with van der Waals surface area (Å²) in [5.74, 6) is 0.622. The molecule has 6 heteroatoms. The first-order chi connectivity index (χ1) is 16.1. The van der Waals surface area contributed by atoms with Crippen LogP contribution in [0.25, 0.3) is 22.2 Å². The highest BCUT2D eigenvalue weighted by Gasteiger charge is 2.23. The summed E-state index contributed by atoms with van der Waals surface area (Å²) < 4.78 is 2.03. The molecular formula is C27H23ClN4O. The smallest absolute Gasteiger partial charge is 0.268 e. The molecule has 2 heterocycles. The fourth-order valence-corrected chi connectivity index (χ4v) is 4.25. The highest BCUT2D eigenvalue weighted by molar-refractivity contribution is 6.30. The molecule has 164 valence electrons. The molecule has 0 saturated heterocycles. The number of halogens is 1. The number of nitrogens with zero attached hydrogens (tertiary/aromatic N) is 2. The van der Waals surface area contributed by atoms with E-state index >= 15 is 0 Å². The highest BCUT2D eigenvalue weighted by Crippen LogP contribution is 2.26. The Hall–Kier alpha value is -3.83. The van der Waals surface area contributed by atoms with E-state index in [2.05, 4.69) is 22.4 Å². The minimum absolute atomic E-state index is 0.164. The number of imidazole rings is 1. The Bertz CT molecular complexity index is 1370. The Morgan fingerprint density at radius 1 is 1.03 bits per heavy atom. The normalized spacial score (nSPS) is 12.1. The molecule has 0 bridgehead atoms. The van der Waals surface area contributed by atoms with Crippen LogP contribution in [0.4, 0.5) is 0 Å². The number of carbonyl (C=O) groups excluding carboxylic acids is 1. The summed E-state index contributed by atoms with van der Waals surface area (Å²) in [7, 11) is 1.97. The van der Waals surface area contributed by atoms with Crippen LogP contribution in [0.5, 0.6) is 0 Å². The number of amides is 1. The Balaban J connectivity index is 1.48. The van der Waals surface area contributed by atoms with Crippen molar-refractivity contribution in [3.05, 3.63) is 113 Å². The van der Waals surface area contributed by atoms with E-state index in [1.165, 1.54) is 0 Å². The number of fused-ring (bicyclic) bond motifs is 1. The third-order valence-electron chi connectivity index (χ3n) is 5.84. The van der Waals surface area contributed by atoms with Gasteiger partial charge in [0.05, 0.1) is 17.9 Å². The number of benzene rings is 3. The molecule has 5 nitrogen and oxygen atoms in total. The number of H-pyrrole nitrogens is 1. The molecule has 0 radical (unpaired) electrons. The minimum Gasteiger partial charge on any atom is -0.351 e. The fourth-order valence-electron chi connectivity index (χ4n) is 4.12. The predicted molar refractivity (Wildman–Crippen MR) is 132 cm³/mol. The standard InChI is InChI=1S/C27H23ClN4O/c1-32-25(19-11-13-21(28)14-12-19)17-29-26(32)23(15-18-7-3-2-4-8-18)31-27(33)24-16-20-9-5-6-10-22(20)30-24/h2-14,16-17,23,30H,15H2,1H3,(H,31,33)/t23-/m0/s1. The van der Waals surface area contributed by atoms with Crippen molar-refractivity contribution in [1.82, 2.24) is 19.9 Å². The largest absolute Gasteiger partial charge is 0.351 e. The van der Waals surface area contributed by atoms with E-state index in [0.29, 0.717) is 17.1 Å². The summed E-state index contributed by atoms with van der Waals surface area (Å²) in [6.07, 6.45) is 2.46. The first-order valence-electron chi connectivity index (χ1n) is 10.8. The van der Waals surface area contributed by atoms with E-state index in [9.17, 15) is 4.79 Å². The van der Waals surface area contributed by atoms with E-state index in [1.807, 2.05) is 90.6 Å². The monoisotopic (exact) mass is 454 g/mol. The molecule has 2 aromatic heterocycles. The number of nitrogens with one attached hydrogen (secondary N) is 2. The summed E-state index contributed by atoms with van der Waals surface area (Å²) in [6, 6.07) is 27.2. The van der Waals surface area contributed by atoms with Crippen LogP contribution in [0.15, 0.2) is 91.1 Å². The van der Waals surface area contributed by atoms with Crippen LogP contribution in [-0.2, 0) is 13.5 Å². The maximum absolute atomic E-state index is 13.2. The lowest BCUT2D eigenvalue weighted by Gasteiger charge is -2.19. The fraction of sp³-hybridized carbons (Fsp3) is 0.111. The zero-order valence-electron chi connectivity index (χ0n) is 18.1. The summed E-state index contributed by atoms with van der Waals surface area (Å²) in [4.78, 5) is 21.1. The van der Waals surface area contributed by atoms with Crippen LogP contribution in [0.1, 0.15) is 27.9 Å². The number of hydrogen-bond donors (Lipinski definition) is 2. The van der Waals surface area contributed by atoms with Gasteiger partial charge in [0.25, 0.3) is 5.91 Å². The molecule has 0 unspecified atom stereocenters.